The molecule has 24 heavy (non-hydrogen) atoms. The Morgan fingerprint density at radius 1 is 1.25 bits per heavy atom. The maximum atomic E-state index is 12.5. The molecule has 1 aliphatic rings. The summed E-state index contributed by atoms with van der Waals surface area (Å²) in [5.41, 5.74) is 0.513. The van der Waals surface area contributed by atoms with Gasteiger partial charge >= 0.3 is 0 Å². The van der Waals surface area contributed by atoms with Crippen LogP contribution in [0.5, 0.6) is 0 Å². The highest BCUT2D eigenvalue weighted by molar-refractivity contribution is 5.93. The lowest BCUT2D eigenvalue weighted by Crippen LogP contribution is -2.48. The van der Waals surface area contributed by atoms with Gasteiger partial charge in [0.25, 0.3) is 5.91 Å². The van der Waals surface area contributed by atoms with Crippen LogP contribution in [-0.4, -0.2) is 68.5 Å². The quantitative estimate of drug-likeness (QED) is 0.848. The molecule has 0 radical (unpaired) electrons. The lowest BCUT2D eigenvalue weighted by molar-refractivity contribution is 0.0623. The summed E-state index contributed by atoms with van der Waals surface area (Å²) >= 11 is 0. The molecule has 9 heteroatoms. The van der Waals surface area contributed by atoms with Gasteiger partial charge in [-0.05, 0) is 6.92 Å². The van der Waals surface area contributed by atoms with Crippen LogP contribution in [-0.2, 0) is 6.54 Å². The maximum Gasteiger partial charge on any atom is 0.257 e. The van der Waals surface area contributed by atoms with Crippen molar-refractivity contribution in [3.63, 3.8) is 0 Å². The summed E-state index contributed by atoms with van der Waals surface area (Å²) in [6, 6.07) is 0. The van der Waals surface area contributed by atoms with Crippen LogP contribution in [0.2, 0.25) is 0 Å². The Kier molecular flexibility index (Phi) is 4.99. The van der Waals surface area contributed by atoms with Crippen LogP contribution in [0.25, 0.3) is 0 Å². The van der Waals surface area contributed by atoms with Crippen molar-refractivity contribution < 1.29 is 9.32 Å². The molecule has 0 spiro atoms. The fourth-order valence-electron chi connectivity index (χ4n) is 2.59. The molecule has 0 saturated carbocycles. The van der Waals surface area contributed by atoms with Crippen molar-refractivity contribution in [3.8, 4) is 0 Å². The van der Waals surface area contributed by atoms with E-state index >= 15 is 0 Å². The van der Waals surface area contributed by atoms with E-state index in [0.29, 0.717) is 42.9 Å². The molecule has 0 aliphatic carbocycles. The minimum Gasteiger partial charge on any atom is -0.355 e. The van der Waals surface area contributed by atoms with Crippen LogP contribution in [0.3, 0.4) is 0 Å². The number of aromatic nitrogens is 4. The van der Waals surface area contributed by atoms with E-state index in [2.05, 4.69) is 30.3 Å². The Labute approximate surface area is 140 Å². The van der Waals surface area contributed by atoms with Gasteiger partial charge in [-0.2, -0.15) is 4.98 Å². The second-order valence-electron chi connectivity index (χ2n) is 5.62. The third-order valence-corrected chi connectivity index (χ3v) is 3.83. The maximum absolute atomic E-state index is 12.5. The van der Waals surface area contributed by atoms with Crippen molar-refractivity contribution in [2.24, 2.45) is 0 Å². The van der Waals surface area contributed by atoms with Gasteiger partial charge in [0.15, 0.2) is 5.82 Å². The van der Waals surface area contributed by atoms with Gasteiger partial charge in [0.05, 0.1) is 12.1 Å². The van der Waals surface area contributed by atoms with Crippen molar-refractivity contribution in [1.29, 1.82) is 0 Å². The molecule has 1 aliphatic heterocycles. The van der Waals surface area contributed by atoms with E-state index in [1.54, 1.807) is 19.3 Å². The molecule has 0 aromatic carbocycles. The first-order valence-corrected chi connectivity index (χ1v) is 8.02. The number of hydrogen-bond acceptors (Lipinski definition) is 8. The van der Waals surface area contributed by atoms with Crippen LogP contribution >= 0.6 is 0 Å². The largest absolute Gasteiger partial charge is 0.355 e. The fourth-order valence-corrected chi connectivity index (χ4v) is 2.59. The van der Waals surface area contributed by atoms with Gasteiger partial charge in [-0.15, -0.1) is 0 Å². The van der Waals surface area contributed by atoms with Gasteiger partial charge in [0.2, 0.25) is 11.8 Å². The molecule has 128 valence electrons. The summed E-state index contributed by atoms with van der Waals surface area (Å²) in [4.78, 5) is 29.0. The number of carbonyl (C=O) groups excluding carboxylic acids is 1. The lowest BCUT2D eigenvalue weighted by atomic mass is 10.2. The van der Waals surface area contributed by atoms with Crippen LogP contribution in [0.1, 0.15) is 29.0 Å². The van der Waals surface area contributed by atoms with Gasteiger partial charge in [0, 0.05) is 52.0 Å². The average Bonchev–Trinajstić information content (AvgIpc) is 3.01. The first kappa shape index (κ1) is 16.3. The zero-order valence-corrected chi connectivity index (χ0v) is 13.9. The number of aryl methyl sites for hydroxylation is 1. The summed E-state index contributed by atoms with van der Waals surface area (Å²) in [5.74, 6) is 1.75. The van der Waals surface area contributed by atoms with Crippen molar-refractivity contribution >= 4 is 11.9 Å². The van der Waals surface area contributed by atoms with E-state index in [0.717, 1.165) is 19.6 Å². The number of anilines is 1. The number of nitrogens with one attached hydrogen (secondary N) is 1. The molecule has 2 aromatic heterocycles. The van der Waals surface area contributed by atoms with E-state index in [-0.39, 0.29) is 5.91 Å². The topological polar surface area (TPSA) is 100 Å². The van der Waals surface area contributed by atoms with Gasteiger partial charge < -0.3 is 14.7 Å². The zero-order chi connectivity index (χ0) is 16.9. The summed E-state index contributed by atoms with van der Waals surface area (Å²) < 4.78 is 4.98. The molecule has 1 N–H and O–H groups in total. The third-order valence-electron chi connectivity index (χ3n) is 3.83. The second kappa shape index (κ2) is 7.35. The Hall–Kier alpha value is -2.55. The molecule has 2 aromatic rings. The Morgan fingerprint density at radius 2 is 1.96 bits per heavy atom. The van der Waals surface area contributed by atoms with E-state index < -0.39 is 0 Å². The summed E-state index contributed by atoms with van der Waals surface area (Å²) in [5, 5.41) is 6.91. The average molecular weight is 331 g/mol. The highest BCUT2D eigenvalue weighted by atomic mass is 16.5. The minimum absolute atomic E-state index is 0.0342. The Morgan fingerprint density at radius 3 is 2.54 bits per heavy atom. The predicted molar refractivity (Wildman–Crippen MR) is 86.4 cm³/mol. The Bertz CT molecular complexity index is 677. The molecule has 0 unspecified atom stereocenters. The molecule has 1 saturated heterocycles. The Balaban J connectivity index is 1.52. The summed E-state index contributed by atoms with van der Waals surface area (Å²) in [7, 11) is 0. The van der Waals surface area contributed by atoms with Gasteiger partial charge in [0.1, 0.15) is 0 Å². The number of carbonyl (C=O) groups is 1. The first-order valence-electron chi connectivity index (χ1n) is 8.02. The van der Waals surface area contributed by atoms with E-state index in [9.17, 15) is 4.79 Å². The highest BCUT2D eigenvalue weighted by Crippen LogP contribution is 2.10. The number of piperazine rings is 1. The molecule has 0 atom stereocenters. The molecular formula is C15H21N7O2. The molecule has 0 bridgehead atoms. The van der Waals surface area contributed by atoms with Crippen LogP contribution < -0.4 is 5.32 Å². The number of rotatable bonds is 5. The van der Waals surface area contributed by atoms with E-state index in [4.69, 9.17) is 4.52 Å². The van der Waals surface area contributed by atoms with Crippen molar-refractivity contribution in [3.05, 3.63) is 29.7 Å². The van der Waals surface area contributed by atoms with E-state index in [1.807, 2.05) is 11.8 Å². The predicted octanol–water partition coefficient (Wildman–Crippen LogP) is 0.558. The number of hydrogen-bond donors (Lipinski definition) is 1. The monoisotopic (exact) mass is 331 g/mol. The van der Waals surface area contributed by atoms with E-state index in [1.165, 1.54) is 0 Å². The molecule has 3 heterocycles. The van der Waals surface area contributed by atoms with Crippen molar-refractivity contribution in [1.82, 2.24) is 29.9 Å². The first-order chi connectivity index (χ1) is 11.7. The fraction of sp³-hybridized carbons (Fsp3) is 0.533. The number of nitrogens with zero attached hydrogens (tertiary/aromatic N) is 6. The molecule has 3 rings (SSSR count). The van der Waals surface area contributed by atoms with Gasteiger partial charge in [-0.3, -0.25) is 9.69 Å². The summed E-state index contributed by atoms with van der Waals surface area (Å²) in [6.07, 6.45) is 3.14. The standard InChI is InChI=1S/C15H21N7O2/c1-3-16-15-17-8-12(9-18-15)14(23)22-6-4-21(5-7-22)10-13-19-11(2)24-20-13/h8-9H,3-7,10H2,1-2H3,(H,16,17,18). The SMILES string of the molecule is CCNc1ncc(C(=O)N2CCN(Cc3noc(C)n3)CC2)cn1. The van der Waals surface area contributed by atoms with Crippen LogP contribution in [0.4, 0.5) is 5.95 Å². The zero-order valence-electron chi connectivity index (χ0n) is 13.9. The van der Waals surface area contributed by atoms with Crippen molar-refractivity contribution in [2.45, 2.75) is 20.4 Å². The molecule has 1 fully saturated rings. The minimum atomic E-state index is -0.0342. The normalized spacial score (nSPS) is 15.5. The lowest BCUT2D eigenvalue weighted by Gasteiger charge is -2.34. The molecular weight excluding hydrogens is 310 g/mol. The molecule has 1 amide bonds. The highest BCUT2D eigenvalue weighted by Gasteiger charge is 2.23. The van der Waals surface area contributed by atoms with Crippen molar-refractivity contribution in [2.75, 3.05) is 38.0 Å². The summed E-state index contributed by atoms with van der Waals surface area (Å²) in [6.45, 7) is 7.99. The smallest absolute Gasteiger partial charge is 0.257 e. The van der Waals surface area contributed by atoms with Crippen LogP contribution in [0, 0.1) is 6.92 Å². The third kappa shape index (κ3) is 3.85. The molecule has 9 nitrogen and oxygen atoms in total. The van der Waals surface area contributed by atoms with Gasteiger partial charge in [-0.1, -0.05) is 5.16 Å². The second-order valence-corrected chi connectivity index (χ2v) is 5.62. The number of amides is 1. The van der Waals surface area contributed by atoms with Gasteiger partial charge in [-0.25, -0.2) is 9.97 Å². The van der Waals surface area contributed by atoms with Crippen LogP contribution in [0.15, 0.2) is 16.9 Å².